The van der Waals surface area contributed by atoms with Gasteiger partial charge in [-0.15, -0.1) is 0 Å². The summed E-state index contributed by atoms with van der Waals surface area (Å²) < 4.78 is 41.7. The maximum absolute atomic E-state index is 12.2. The third-order valence-corrected chi connectivity index (χ3v) is 2.03. The molecule has 1 aromatic heterocycles. The van der Waals surface area contributed by atoms with Gasteiger partial charge in [-0.3, -0.25) is 9.59 Å². The third-order valence-electron chi connectivity index (χ3n) is 2.03. The fourth-order valence-electron chi connectivity index (χ4n) is 1.27. The molecular formula is C10H11F3N2O3. The molecule has 0 saturated carbocycles. The first-order valence-electron chi connectivity index (χ1n) is 4.90. The van der Waals surface area contributed by atoms with Gasteiger partial charge in [0.15, 0.2) is 0 Å². The lowest BCUT2D eigenvalue weighted by Gasteiger charge is -2.11. The highest BCUT2D eigenvalue weighted by atomic mass is 19.4. The van der Waals surface area contributed by atoms with E-state index in [4.69, 9.17) is 0 Å². The van der Waals surface area contributed by atoms with Crippen LogP contribution in [0, 0.1) is 0 Å². The second-order valence-electron chi connectivity index (χ2n) is 3.40. The van der Waals surface area contributed by atoms with Gasteiger partial charge in [-0.1, -0.05) is 0 Å². The number of esters is 1. The number of nitrogens with one attached hydrogen (secondary N) is 1. The molecule has 0 spiro atoms. The summed E-state index contributed by atoms with van der Waals surface area (Å²) in [4.78, 5) is 22.3. The van der Waals surface area contributed by atoms with E-state index >= 15 is 0 Å². The number of methoxy groups -OCH3 is 1. The van der Waals surface area contributed by atoms with Crippen LogP contribution in [0.15, 0.2) is 18.3 Å². The number of ether oxygens (including phenoxy) is 1. The Labute approximate surface area is 101 Å². The molecule has 0 aromatic carbocycles. The predicted octanol–water partition coefficient (Wildman–Crippen LogP) is 0.953. The molecule has 1 heterocycles. The molecule has 1 rings (SSSR count). The lowest BCUT2D eigenvalue weighted by molar-refractivity contribution is -0.141. The molecule has 5 nitrogen and oxygen atoms in total. The number of nitrogens with zero attached hydrogens (tertiary/aromatic N) is 1. The fourth-order valence-corrected chi connectivity index (χ4v) is 1.27. The van der Waals surface area contributed by atoms with Crippen molar-refractivity contribution in [3.63, 3.8) is 0 Å². The molecule has 0 radical (unpaired) electrons. The van der Waals surface area contributed by atoms with Crippen LogP contribution < -0.4 is 5.32 Å². The van der Waals surface area contributed by atoms with E-state index < -0.39 is 31.1 Å². The number of carbonyl (C=O) groups is 2. The van der Waals surface area contributed by atoms with Crippen LogP contribution in [-0.4, -0.2) is 36.3 Å². The van der Waals surface area contributed by atoms with Crippen molar-refractivity contribution in [2.45, 2.75) is 12.7 Å². The summed E-state index contributed by atoms with van der Waals surface area (Å²) in [5.41, 5.74) is -0.170. The van der Waals surface area contributed by atoms with E-state index in [0.29, 0.717) is 0 Å². The van der Waals surface area contributed by atoms with Crippen molar-refractivity contribution in [2.75, 3.05) is 13.7 Å². The van der Waals surface area contributed by atoms with Crippen LogP contribution in [0.3, 0.4) is 0 Å². The summed E-state index contributed by atoms with van der Waals surface area (Å²) in [6.07, 6.45) is -3.28. The summed E-state index contributed by atoms with van der Waals surface area (Å²) in [6.45, 7) is -1.66. The minimum Gasteiger partial charge on any atom is -0.468 e. The van der Waals surface area contributed by atoms with Crippen molar-refractivity contribution in [3.8, 4) is 0 Å². The molecule has 0 fully saturated rings. The highest BCUT2D eigenvalue weighted by Crippen LogP contribution is 2.18. The Hall–Kier alpha value is -1.99. The Morgan fingerprint density at radius 2 is 2.11 bits per heavy atom. The average Bonchev–Trinajstić information content (AvgIpc) is 2.70. The summed E-state index contributed by atoms with van der Waals surface area (Å²) in [7, 11) is 1.14. The summed E-state index contributed by atoms with van der Waals surface area (Å²) in [5.74, 6) is -1.45. The molecule has 1 amide bonds. The van der Waals surface area contributed by atoms with E-state index in [9.17, 15) is 22.8 Å². The maximum Gasteiger partial charge on any atom is 0.406 e. The Bertz CT molecular complexity index is 440. The number of halogens is 3. The average molecular weight is 264 g/mol. The van der Waals surface area contributed by atoms with E-state index in [0.717, 1.165) is 17.9 Å². The van der Waals surface area contributed by atoms with Crippen molar-refractivity contribution in [2.24, 2.45) is 0 Å². The van der Waals surface area contributed by atoms with Crippen LogP contribution in [0.2, 0.25) is 0 Å². The predicted molar refractivity (Wildman–Crippen MR) is 54.8 cm³/mol. The summed E-state index contributed by atoms with van der Waals surface area (Å²) >= 11 is 0. The molecule has 8 heteroatoms. The molecule has 100 valence electrons. The lowest BCUT2D eigenvalue weighted by atomic mass is 10.4. The number of rotatable bonds is 4. The molecule has 1 N–H and O–H groups in total. The smallest absolute Gasteiger partial charge is 0.406 e. The van der Waals surface area contributed by atoms with Gasteiger partial charge in [-0.05, 0) is 12.1 Å². The molecule has 0 aliphatic heterocycles. The number of carbonyl (C=O) groups excluding carboxylic acids is 2. The molecule has 0 aliphatic carbocycles. The summed E-state index contributed by atoms with van der Waals surface area (Å²) in [6, 6.07) is 2.55. The number of hydrogen-bond donors (Lipinski definition) is 1. The van der Waals surface area contributed by atoms with Crippen molar-refractivity contribution in [1.82, 2.24) is 9.88 Å². The fraction of sp³-hybridized carbons (Fsp3) is 0.400. The normalized spacial score (nSPS) is 11.1. The minimum atomic E-state index is -4.42. The van der Waals surface area contributed by atoms with E-state index in [1.165, 1.54) is 12.1 Å². The molecule has 1 aromatic rings. The minimum absolute atomic E-state index is 0.170. The van der Waals surface area contributed by atoms with Gasteiger partial charge < -0.3 is 14.6 Å². The van der Waals surface area contributed by atoms with Gasteiger partial charge in [-0.25, -0.2) is 0 Å². The second-order valence-corrected chi connectivity index (χ2v) is 3.40. The summed E-state index contributed by atoms with van der Waals surface area (Å²) in [5, 5.41) is 2.16. The van der Waals surface area contributed by atoms with Crippen LogP contribution in [-0.2, 0) is 16.1 Å². The molecule has 0 atom stereocenters. The second kappa shape index (κ2) is 5.56. The van der Waals surface area contributed by atoms with Gasteiger partial charge in [0, 0.05) is 6.20 Å². The highest BCUT2D eigenvalue weighted by Gasteiger charge is 2.29. The number of hydrogen-bond acceptors (Lipinski definition) is 3. The molecule has 0 bridgehead atoms. The van der Waals surface area contributed by atoms with Crippen LogP contribution in [0.5, 0.6) is 0 Å². The number of amides is 1. The van der Waals surface area contributed by atoms with Gasteiger partial charge in [0.25, 0.3) is 5.91 Å². The number of alkyl halides is 3. The first kappa shape index (κ1) is 14.1. The standard InChI is InChI=1S/C10H11F3N2O3/c1-18-8(16)5-14-9(17)7-3-2-4-15(7)6-10(11,12)13/h2-4H,5-6H2,1H3,(H,14,17). The van der Waals surface area contributed by atoms with Crippen LogP contribution in [0.1, 0.15) is 10.5 Å². The topological polar surface area (TPSA) is 60.3 Å². The SMILES string of the molecule is COC(=O)CNC(=O)c1cccn1CC(F)(F)F. The number of aromatic nitrogens is 1. The van der Waals surface area contributed by atoms with E-state index in [-0.39, 0.29) is 5.69 Å². The first-order valence-corrected chi connectivity index (χ1v) is 4.90. The zero-order valence-corrected chi connectivity index (χ0v) is 9.45. The molecule has 0 saturated heterocycles. The van der Waals surface area contributed by atoms with Gasteiger partial charge in [0.1, 0.15) is 18.8 Å². The van der Waals surface area contributed by atoms with Crippen molar-refractivity contribution < 1.29 is 27.5 Å². The monoisotopic (exact) mass is 264 g/mol. The largest absolute Gasteiger partial charge is 0.468 e. The van der Waals surface area contributed by atoms with Crippen molar-refractivity contribution in [3.05, 3.63) is 24.0 Å². The quantitative estimate of drug-likeness (QED) is 0.824. The van der Waals surface area contributed by atoms with Gasteiger partial charge >= 0.3 is 12.1 Å². The Balaban J connectivity index is 2.69. The van der Waals surface area contributed by atoms with Crippen LogP contribution in [0.25, 0.3) is 0 Å². The third kappa shape index (κ3) is 4.11. The zero-order chi connectivity index (χ0) is 13.8. The zero-order valence-electron chi connectivity index (χ0n) is 9.45. The Morgan fingerprint density at radius 1 is 1.44 bits per heavy atom. The molecule has 18 heavy (non-hydrogen) atoms. The molecule has 0 aliphatic rings. The lowest BCUT2D eigenvalue weighted by Crippen LogP contribution is -2.32. The van der Waals surface area contributed by atoms with Crippen molar-refractivity contribution in [1.29, 1.82) is 0 Å². The van der Waals surface area contributed by atoms with E-state index in [2.05, 4.69) is 10.1 Å². The molecule has 0 unspecified atom stereocenters. The van der Waals surface area contributed by atoms with E-state index in [1.54, 1.807) is 0 Å². The molecular weight excluding hydrogens is 253 g/mol. The first-order chi connectivity index (χ1) is 8.33. The Kier molecular flexibility index (Phi) is 4.35. The van der Waals surface area contributed by atoms with Crippen molar-refractivity contribution >= 4 is 11.9 Å². The Morgan fingerprint density at radius 3 is 2.67 bits per heavy atom. The van der Waals surface area contributed by atoms with Crippen LogP contribution >= 0.6 is 0 Å². The maximum atomic E-state index is 12.2. The van der Waals surface area contributed by atoms with Gasteiger partial charge in [0.05, 0.1) is 7.11 Å². The van der Waals surface area contributed by atoms with Gasteiger partial charge in [-0.2, -0.15) is 13.2 Å². The highest BCUT2D eigenvalue weighted by molar-refractivity contribution is 5.94. The van der Waals surface area contributed by atoms with Crippen LogP contribution in [0.4, 0.5) is 13.2 Å². The van der Waals surface area contributed by atoms with E-state index in [1.807, 2.05) is 0 Å². The van der Waals surface area contributed by atoms with Gasteiger partial charge in [0.2, 0.25) is 0 Å².